The van der Waals surface area contributed by atoms with Crippen molar-refractivity contribution in [3.8, 4) is 5.75 Å². The van der Waals surface area contributed by atoms with Crippen LogP contribution in [0.1, 0.15) is 54.0 Å². The molecular formula is C18H18FNO. The van der Waals surface area contributed by atoms with Gasteiger partial charge in [0.2, 0.25) is 0 Å². The zero-order chi connectivity index (χ0) is 14.4. The van der Waals surface area contributed by atoms with E-state index in [1.54, 1.807) is 6.07 Å². The molecule has 0 spiro atoms. The summed E-state index contributed by atoms with van der Waals surface area (Å²) in [6.45, 7) is 0. The highest BCUT2D eigenvalue weighted by Gasteiger charge is 2.32. The highest BCUT2D eigenvalue weighted by atomic mass is 19.1. The summed E-state index contributed by atoms with van der Waals surface area (Å²) in [6.07, 6.45) is 3.18. The first kappa shape index (κ1) is 12.8. The van der Waals surface area contributed by atoms with Crippen LogP contribution >= 0.6 is 0 Å². The minimum absolute atomic E-state index is 0.0326. The molecule has 1 aliphatic heterocycles. The third-order valence-corrected chi connectivity index (χ3v) is 4.47. The van der Waals surface area contributed by atoms with Gasteiger partial charge < -0.3 is 10.5 Å². The predicted octanol–water partition coefficient (Wildman–Crippen LogP) is 4.23. The van der Waals surface area contributed by atoms with Crippen molar-refractivity contribution in [2.24, 2.45) is 5.73 Å². The van der Waals surface area contributed by atoms with Gasteiger partial charge in [-0.1, -0.05) is 24.3 Å². The molecule has 1 fully saturated rings. The Morgan fingerprint density at radius 3 is 2.52 bits per heavy atom. The van der Waals surface area contributed by atoms with Crippen LogP contribution in [0.4, 0.5) is 4.39 Å². The van der Waals surface area contributed by atoms with Crippen molar-refractivity contribution in [1.82, 2.24) is 0 Å². The lowest BCUT2D eigenvalue weighted by Gasteiger charge is -2.31. The van der Waals surface area contributed by atoms with E-state index in [1.165, 1.54) is 36.1 Å². The number of rotatable bonds is 2. The van der Waals surface area contributed by atoms with Gasteiger partial charge in [0.15, 0.2) is 0 Å². The Morgan fingerprint density at radius 1 is 1.00 bits per heavy atom. The van der Waals surface area contributed by atoms with E-state index in [0.29, 0.717) is 18.1 Å². The minimum atomic E-state index is -0.260. The van der Waals surface area contributed by atoms with Crippen molar-refractivity contribution in [3.05, 3.63) is 65.0 Å². The largest absolute Gasteiger partial charge is 0.485 e. The van der Waals surface area contributed by atoms with Crippen molar-refractivity contribution in [1.29, 1.82) is 0 Å². The monoisotopic (exact) mass is 283 g/mol. The van der Waals surface area contributed by atoms with Crippen LogP contribution in [-0.2, 0) is 0 Å². The molecule has 1 heterocycles. The fraction of sp³-hybridized carbons (Fsp3) is 0.333. The molecule has 0 aromatic heterocycles. The van der Waals surface area contributed by atoms with Crippen LogP contribution in [0, 0.1) is 5.82 Å². The Hall–Kier alpha value is -1.87. The first-order valence-corrected chi connectivity index (χ1v) is 7.53. The molecule has 2 aromatic rings. The second-order valence-electron chi connectivity index (χ2n) is 6.03. The van der Waals surface area contributed by atoms with E-state index in [9.17, 15) is 4.39 Å². The molecule has 2 atom stereocenters. The van der Waals surface area contributed by atoms with E-state index < -0.39 is 0 Å². The Balaban J connectivity index is 1.71. The van der Waals surface area contributed by atoms with E-state index in [-0.39, 0.29) is 18.0 Å². The smallest absolute Gasteiger partial charge is 0.126 e. The van der Waals surface area contributed by atoms with Crippen LogP contribution < -0.4 is 10.5 Å². The fourth-order valence-electron chi connectivity index (χ4n) is 3.24. The van der Waals surface area contributed by atoms with Crippen LogP contribution in [0.3, 0.4) is 0 Å². The molecule has 108 valence electrons. The predicted molar refractivity (Wildman–Crippen MR) is 79.7 cm³/mol. The van der Waals surface area contributed by atoms with Crippen LogP contribution in [0.15, 0.2) is 42.5 Å². The molecule has 2 aromatic carbocycles. The molecule has 0 bridgehead atoms. The number of fused-ring (bicyclic) bond motifs is 1. The first-order valence-electron chi connectivity index (χ1n) is 7.53. The highest BCUT2D eigenvalue weighted by molar-refractivity contribution is 5.42. The molecule has 4 rings (SSSR count). The molecular weight excluding hydrogens is 265 g/mol. The van der Waals surface area contributed by atoms with Gasteiger partial charge in [-0.3, -0.25) is 0 Å². The number of nitrogens with two attached hydrogens (primary N) is 1. The van der Waals surface area contributed by atoms with Crippen LogP contribution in [0.25, 0.3) is 0 Å². The topological polar surface area (TPSA) is 35.2 Å². The van der Waals surface area contributed by atoms with Crippen LogP contribution in [0.5, 0.6) is 5.75 Å². The van der Waals surface area contributed by atoms with Gasteiger partial charge >= 0.3 is 0 Å². The lowest BCUT2D eigenvalue weighted by atomic mass is 9.90. The molecule has 1 saturated carbocycles. The second-order valence-corrected chi connectivity index (χ2v) is 6.03. The average molecular weight is 283 g/mol. The molecule has 1 unspecified atom stereocenters. The average Bonchev–Trinajstić information content (AvgIpc) is 3.32. The molecule has 0 saturated heterocycles. The van der Waals surface area contributed by atoms with Crippen molar-refractivity contribution in [2.75, 3.05) is 0 Å². The van der Waals surface area contributed by atoms with Gasteiger partial charge in [-0.15, -0.1) is 0 Å². The Bertz CT molecular complexity index is 681. The van der Waals surface area contributed by atoms with Gasteiger partial charge in [0, 0.05) is 18.0 Å². The van der Waals surface area contributed by atoms with Crippen molar-refractivity contribution < 1.29 is 9.13 Å². The van der Waals surface area contributed by atoms with E-state index >= 15 is 0 Å². The van der Waals surface area contributed by atoms with Crippen molar-refractivity contribution >= 4 is 0 Å². The molecule has 2 N–H and O–H groups in total. The minimum Gasteiger partial charge on any atom is -0.485 e. The third kappa shape index (κ3) is 2.32. The maximum Gasteiger partial charge on any atom is 0.126 e. The summed E-state index contributed by atoms with van der Waals surface area (Å²) in [5, 5.41) is 0. The third-order valence-electron chi connectivity index (χ3n) is 4.47. The lowest BCUT2D eigenvalue weighted by molar-refractivity contribution is 0.160. The van der Waals surface area contributed by atoms with E-state index in [0.717, 1.165) is 5.56 Å². The summed E-state index contributed by atoms with van der Waals surface area (Å²) < 4.78 is 19.5. The van der Waals surface area contributed by atoms with E-state index in [2.05, 4.69) is 24.3 Å². The van der Waals surface area contributed by atoms with Gasteiger partial charge in [0.1, 0.15) is 17.7 Å². The molecule has 21 heavy (non-hydrogen) atoms. The van der Waals surface area contributed by atoms with E-state index in [1.807, 2.05) is 0 Å². The van der Waals surface area contributed by atoms with Crippen molar-refractivity contribution in [3.63, 3.8) is 0 Å². The number of hydrogen-bond acceptors (Lipinski definition) is 2. The molecule has 0 amide bonds. The summed E-state index contributed by atoms with van der Waals surface area (Å²) >= 11 is 0. The molecule has 0 radical (unpaired) electrons. The van der Waals surface area contributed by atoms with Crippen molar-refractivity contribution in [2.45, 2.75) is 37.3 Å². The SMILES string of the molecule is N[C@@H]1CC(c2ccccc2C2CC2)Oc2ccc(F)cc21. The van der Waals surface area contributed by atoms with Crippen LogP contribution in [0.2, 0.25) is 0 Å². The number of benzene rings is 2. The quantitative estimate of drug-likeness (QED) is 0.895. The zero-order valence-electron chi connectivity index (χ0n) is 11.8. The van der Waals surface area contributed by atoms with Gasteiger partial charge in [-0.25, -0.2) is 4.39 Å². The fourth-order valence-corrected chi connectivity index (χ4v) is 3.24. The van der Waals surface area contributed by atoms with Crippen LogP contribution in [-0.4, -0.2) is 0 Å². The standard InChI is InChI=1S/C18H18FNO/c19-12-7-8-17-15(9-12)16(20)10-18(21-17)14-4-2-1-3-13(14)11-5-6-11/h1-4,7-9,11,16,18H,5-6,10,20H2/t16-,18?/m1/s1. The maximum atomic E-state index is 13.4. The Morgan fingerprint density at radius 2 is 1.76 bits per heavy atom. The van der Waals surface area contributed by atoms with Gasteiger partial charge in [-0.2, -0.15) is 0 Å². The summed E-state index contributed by atoms with van der Waals surface area (Å²) in [4.78, 5) is 0. The summed E-state index contributed by atoms with van der Waals surface area (Å²) in [5.41, 5.74) is 9.64. The molecule has 2 aliphatic rings. The van der Waals surface area contributed by atoms with E-state index in [4.69, 9.17) is 10.5 Å². The molecule has 3 heteroatoms. The number of ether oxygens (including phenoxy) is 1. The summed E-state index contributed by atoms with van der Waals surface area (Å²) in [5.74, 6) is 1.13. The highest BCUT2D eigenvalue weighted by Crippen LogP contribution is 2.46. The second kappa shape index (κ2) is 4.85. The number of halogens is 1. The van der Waals surface area contributed by atoms with Gasteiger partial charge in [0.25, 0.3) is 0 Å². The van der Waals surface area contributed by atoms with Gasteiger partial charge in [0.05, 0.1) is 0 Å². The normalized spacial score (nSPS) is 24.3. The lowest BCUT2D eigenvalue weighted by Crippen LogP contribution is -2.25. The van der Waals surface area contributed by atoms with Gasteiger partial charge in [-0.05, 0) is 48.1 Å². The maximum absolute atomic E-state index is 13.4. The summed E-state index contributed by atoms with van der Waals surface area (Å²) in [7, 11) is 0. The Labute approximate surface area is 123 Å². The number of hydrogen-bond donors (Lipinski definition) is 1. The first-order chi connectivity index (χ1) is 10.2. The zero-order valence-corrected chi connectivity index (χ0v) is 11.8. The Kier molecular flexibility index (Phi) is 2.96. The molecule has 2 nitrogen and oxygen atoms in total. The molecule has 1 aliphatic carbocycles. The summed E-state index contributed by atoms with van der Waals surface area (Å²) in [6, 6.07) is 12.9.